The van der Waals surface area contributed by atoms with Crippen LogP contribution in [-0.4, -0.2) is 54.4 Å². The van der Waals surface area contributed by atoms with E-state index in [-0.39, 0.29) is 35.5 Å². The number of amides is 1. The second kappa shape index (κ2) is 8.65. The van der Waals surface area contributed by atoms with E-state index in [1.807, 2.05) is 0 Å². The van der Waals surface area contributed by atoms with Crippen molar-refractivity contribution in [2.45, 2.75) is 6.92 Å². The summed E-state index contributed by atoms with van der Waals surface area (Å²) < 4.78 is 24.0. The number of nitrogens with zero attached hydrogens (tertiary/aromatic N) is 2. The van der Waals surface area contributed by atoms with E-state index in [0.717, 1.165) is 0 Å². The second-order valence-electron chi connectivity index (χ2n) is 5.08. The number of nitrogens with one attached hydrogen (secondary N) is 1. The summed E-state index contributed by atoms with van der Waals surface area (Å²) in [5, 5.41) is 6.90. The van der Waals surface area contributed by atoms with Crippen molar-refractivity contribution in [1.29, 1.82) is 0 Å². The lowest BCUT2D eigenvalue weighted by molar-refractivity contribution is 0.0659. The lowest BCUT2D eigenvalue weighted by Crippen LogP contribution is -2.37. The molecule has 6 nitrogen and oxygen atoms in total. The van der Waals surface area contributed by atoms with Gasteiger partial charge < -0.3 is 14.4 Å². The van der Waals surface area contributed by atoms with Crippen molar-refractivity contribution in [2.24, 2.45) is 0 Å². The molecule has 0 bridgehead atoms. The SMILES string of the molecule is COCCN(CCOc1ccccc1F)C(=O)c1n[nH]c(C)c1Cl. The van der Waals surface area contributed by atoms with Crippen LogP contribution in [-0.2, 0) is 4.74 Å². The molecule has 1 heterocycles. The summed E-state index contributed by atoms with van der Waals surface area (Å²) in [6.45, 7) is 2.81. The van der Waals surface area contributed by atoms with E-state index in [2.05, 4.69) is 10.2 Å². The van der Waals surface area contributed by atoms with Gasteiger partial charge in [-0.3, -0.25) is 9.89 Å². The zero-order valence-corrected chi connectivity index (χ0v) is 14.3. The minimum atomic E-state index is -0.446. The third kappa shape index (κ3) is 4.46. The van der Waals surface area contributed by atoms with Crippen molar-refractivity contribution in [3.63, 3.8) is 0 Å². The number of carbonyl (C=O) groups excluding carboxylic acids is 1. The molecule has 0 saturated carbocycles. The molecule has 130 valence electrons. The molecular weight excluding hydrogens is 337 g/mol. The van der Waals surface area contributed by atoms with Gasteiger partial charge in [0, 0.05) is 13.7 Å². The van der Waals surface area contributed by atoms with Crippen LogP contribution in [0.3, 0.4) is 0 Å². The van der Waals surface area contributed by atoms with Crippen LogP contribution in [0.15, 0.2) is 24.3 Å². The van der Waals surface area contributed by atoms with Gasteiger partial charge in [0.2, 0.25) is 0 Å². The second-order valence-corrected chi connectivity index (χ2v) is 5.45. The fourth-order valence-electron chi connectivity index (χ4n) is 2.05. The molecule has 8 heteroatoms. The van der Waals surface area contributed by atoms with Crippen molar-refractivity contribution in [1.82, 2.24) is 15.1 Å². The monoisotopic (exact) mass is 355 g/mol. The van der Waals surface area contributed by atoms with Crippen molar-refractivity contribution in [2.75, 3.05) is 33.4 Å². The molecule has 0 spiro atoms. The van der Waals surface area contributed by atoms with Crippen LogP contribution in [0, 0.1) is 12.7 Å². The first-order valence-corrected chi connectivity index (χ1v) is 7.78. The fourth-order valence-corrected chi connectivity index (χ4v) is 2.22. The molecule has 0 fully saturated rings. The van der Waals surface area contributed by atoms with Crippen molar-refractivity contribution in [3.05, 3.63) is 46.5 Å². The van der Waals surface area contributed by atoms with Crippen LogP contribution < -0.4 is 4.74 Å². The highest BCUT2D eigenvalue weighted by atomic mass is 35.5. The number of hydrogen-bond acceptors (Lipinski definition) is 4. The fraction of sp³-hybridized carbons (Fsp3) is 0.375. The number of methoxy groups -OCH3 is 1. The molecule has 0 atom stereocenters. The lowest BCUT2D eigenvalue weighted by atomic mass is 10.3. The van der Waals surface area contributed by atoms with E-state index in [4.69, 9.17) is 21.1 Å². The van der Waals surface area contributed by atoms with Crippen molar-refractivity contribution in [3.8, 4) is 5.75 Å². The maximum Gasteiger partial charge on any atom is 0.276 e. The summed E-state index contributed by atoms with van der Waals surface area (Å²) in [6, 6.07) is 6.11. The van der Waals surface area contributed by atoms with E-state index in [1.165, 1.54) is 17.0 Å². The average molecular weight is 356 g/mol. The Balaban J connectivity index is 2.01. The van der Waals surface area contributed by atoms with Crippen molar-refractivity contribution < 1.29 is 18.7 Å². The van der Waals surface area contributed by atoms with E-state index in [1.54, 1.807) is 26.2 Å². The number of aromatic amines is 1. The summed E-state index contributed by atoms with van der Waals surface area (Å²) >= 11 is 6.08. The van der Waals surface area contributed by atoms with Crippen LogP contribution in [0.2, 0.25) is 5.02 Å². The van der Waals surface area contributed by atoms with Gasteiger partial charge in [-0.25, -0.2) is 4.39 Å². The smallest absolute Gasteiger partial charge is 0.276 e. The number of hydrogen-bond donors (Lipinski definition) is 1. The average Bonchev–Trinajstić information content (AvgIpc) is 2.91. The summed E-state index contributed by atoms with van der Waals surface area (Å²) in [4.78, 5) is 14.1. The van der Waals surface area contributed by atoms with E-state index < -0.39 is 5.82 Å². The van der Waals surface area contributed by atoms with Gasteiger partial charge in [0.05, 0.1) is 23.9 Å². The van der Waals surface area contributed by atoms with E-state index in [0.29, 0.717) is 18.8 Å². The van der Waals surface area contributed by atoms with Gasteiger partial charge in [-0.15, -0.1) is 0 Å². The Morgan fingerprint density at radius 1 is 1.33 bits per heavy atom. The number of H-pyrrole nitrogens is 1. The van der Waals surface area contributed by atoms with Crippen LogP contribution in [0.1, 0.15) is 16.2 Å². The molecule has 1 aromatic heterocycles. The Morgan fingerprint density at radius 3 is 2.67 bits per heavy atom. The Labute approximate surface area is 144 Å². The zero-order valence-electron chi connectivity index (χ0n) is 13.5. The number of halogens is 2. The Kier molecular flexibility index (Phi) is 6.57. The minimum absolute atomic E-state index is 0.136. The van der Waals surface area contributed by atoms with Gasteiger partial charge in [0.1, 0.15) is 6.61 Å². The first kappa shape index (κ1) is 18.2. The van der Waals surface area contributed by atoms with Crippen LogP contribution in [0.25, 0.3) is 0 Å². The molecule has 24 heavy (non-hydrogen) atoms. The number of aryl methyl sites for hydroxylation is 1. The number of aromatic nitrogens is 2. The quantitative estimate of drug-likeness (QED) is 0.790. The topological polar surface area (TPSA) is 67.5 Å². The Bertz CT molecular complexity index is 693. The van der Waals surface area contributed by atoms with Gasteiger partial charge in [-0.1, -0.05) is 23.7 Å². The predicted molar refractivity (Wildman–Crippen MR) is 88.0 cm³/mol. The first-order chi connectivity index (χ1) is 11.5. The zero-order chi connectivity index (χ0) is 17.5. The van der Waals surface area contributed by atoms with Gasteiger partial charge in [-0.2, -0.15) is 5.10 Å². The molecule has 0 aliphatic rings. The maximum atomic E-state index is 13.5. The van der Waals surface area contributed by atoms with E-state index >= 15 is 0 Å². The van der Waals surface area contributed by atoms with Gasteiger partial charge >= 0.3 is 0 Å². The highest BCUT2D eigenvalue weighted by Crippen LogP contribution is 2.19. The number of para-hydroxylation sites is 1. The number of carbonyl (C=O) groups is 1. The third-order valence-electron chi connectivity index (χ3n) is 3.38. The molecule has 0 radical (unpaired) electrons. The van der Waals surface area contributed by atoms with Crippen molar-refractivity contribution >= 4 is 17.5 Å². The van der Waals surface area contributed by atoms with Crippen LogP contribution in [0.5, 0.6) is 5.75 Å². The highest BCUT2D eigenvalue weighted by molar-refractivity contribution is 6.34. The minimum Gasteiger partial charge on any atom is -0.489 e. The Morgan fingerprint density at radius 2 is 2.04 bits per heavy atom. The summed E-state index contributed by atoms with van der Waals surface area (Å²) in [6.07, 6.45) is 0. The normalized spacial score (nSPS) is 10.7. The van der Waals surface area contributed by atoms with Gasteiger partial charge in [-0.05, 0) is 19.1 Å². The summed E-state index contributed by atoms with van der Waals surface area (Å²) in [5.41, 5.74) is 0.769. The molecule has 1 N–H and O–H groups in total. The molecule has 1 amide bonds. The molecule has 1 aromatic carbocycles. The standard InChI is InChI=1S/C16H19ClFN3O3/c1-11-14(17)15(20-19-11)16(22)21(7-9-23-2)8-10-24-13-6-4-3-5-12(13)18/h3-6H,7-10H2,1-2H3,(H,19,20). The van der Waals surface area contributed by atoms with Crippen LogP contribution >= 0.6 is 11.6 Å². The number of benzene rings is 1. The maximum absolute atomic E-state index is 13.5. The van der Waals surface area contributed by atoms with Gasteiger partial charge in [0.15, 0.2) is 17.3 Å². The first-order valence-electron chi connectivity index (χ1n) is 7.40. The molecule has 0 aliphatic heterocycles. The summed E-state index contributed by atoms with van der Waals surface area (Å²) in [7, 11) is 1.55. The number of rotatable bonds is 8. The Hall–Kier alpha value is -2.12. The molecule has 2 rings (SSSR count). The molecule has 0 saturated heterocycles. The molecular formula is C16H19ClFN3O3. The summed E-state index contributed by atoms with van der Waals surface area (Å²) in [5.74, 6) is -0.637. The molecule has 0 aliphatic carbocycles. The highest BCUT2D eigenvalue weighted by Gasteiger charge is 2.22. The predicted octanol–water partition coefficient (Wildman–Crippen LogP) is 2.68. The lowest BCUT2D eigenvalue weighted by Gasteiger charge is -2.21. The largest absolute Gasteiger partial charge is 0.489 e. The molecule has 0 unspecified atom stereocenters. The molecule has 2 aromatic rings. The van der Waals surface area contributed by atoms with E-state index in [9.17, 15) is 9.18 Å². The van der Waals surface area contributed by atoms with Crippen LogP contribution in [0.4, 0.5) is 4.39 Å². The number of ether oxygens (including phenoxy) is 2. The van der Waals surface area contributed by atoms with Gasteiger partial charge in [0.25, 0.3) is 5.91 Å². The third-order valence-corrected chi connectivity index (χ3v) is 3.85.